The van der Waals surface area contributed by atoms with Gasteiger partial charge in [-0.15, -0.1) is 0 Å². The van der Waals surface area contributed by atoms with E-state index < -0.39 is 9.73 Å². The zero-order chi connectivity index (χ0) is 10.6. The van der Waals surface area contributed by atoms with Crippen LogP contribution < -0.4 is 0 Å². The number of benzene rings is 1. The van der Waals surface area contributed by atoms with Crippen molar-refractivity contribution in [3.63, 3.8) is 0 Å². The Bertz CT molecular complexity index is 445. The van der Waals surface area contributed by atoms with E-state index in [0.29, 0.717) is 5.56 Å². The fraction of sp³-hybridized carbons (Fsp3) is 0.222. The minimum absolute atomic E-state index is 0.000833. The zero-order valence-corrected chi connectivity index (χ0v) is 8.18. The molecular formula is C9H9FN2OS. The number of hydrogen-bond acceptors (Lipinski definition) is 3. The first-order chi connectivity index (χ1) is 6.53. The number of hydrogen-bond donors (Lipinski definition) is 1. The SMILES string of the molecule is N#CCS(=N)(=O)Cc1ccc(F)cc1. The Morgan fingerprint density at radius 3 is 2.50 bits per heavy atom. The molecule has 0 aliphatic carbocycles. The predicted molar refractivity (Wildman–Crippen MR) is 51.4 cm³/mol. The molecule has 0 aliphatic rings. The molecule has 0 fully saturated rings. The van der Waals surface area contributed by atoms with Gasteiger partial charge in [-0.05, 0) is 17.7 Å². The van der Waals surface area contributed by atoms with Gasteiger partial charge in [-0.2, -0.15) is 5.26 Å². The van der Waals surface area contributed by atoms with Gasteiger partial charge in [0.2, 0.25) is 0 Å². The van der Waals surface area contributed by atoms with Crippen LogP contribution in [0.2, 0.25) is 0 Å². The highest BCUT2D eigenvalue weighted by Gasteiger charge is 2.06. The third-order valence-corrected chi connectivity index (χ3v) is 3.01. The van der Waals surface area contributed by atoms with Crippen LogP contribution >= 0.6 is 0 Å². The normalized spacial score (nSPS) is 14.3. The molecule has 1 atom stereocenters. The van der Waals surface area contributed by atoms with Crippen LogP contribution in [-0.4, -0.2) is 9.96 Å². The summed E-state index contributed by atoms with van der Waals surface area (Å²) >= 11 is 0. The van der Waals surface area contributed by atoms with Crippen molar-refractivity contribution < 1.29 is 8.60 Å². The zero-order valence-electron chi connectivity index (χ0n) is 7.37. The molecule has 1 aromatic carbocycles. The molecule has 1 aromatic rings. The van der Waals surface area contributed by atoms with E-state index in [-0.39, 0.29) is 17.3 Å². The molecule has 0 heterocycles. The Balaban J connectivity index is 2.80. The van der Waals surface area contributed by atoms with Crippen LogP contribution in [0.1, 0.15) is 5.56 Å². The van der Waals surface area contributed by atoms with Crippen molar-refractivity contribution in [2.45, 2.75) is 5.75 Å². The molecule has 1 N–H and O–H groups in total. The van der Waals surface area contributed by atoms with Gasteiger partial charge in [0.25, 0.3) is 0 Å². The Kier molecular flexibility index (Phi) is 3.20. The largest absolute Gasteiger partial charge is 0.252 e. The van der Waals surface area contributed by atoms with Crippen LogP contribution in [0.5, 0.6) is 0 Å². The summed E-state index contributed by atoms with van der Waals surface area (Å²) in [6.07, 6.45) is 0. The Morgan fingerprint density at radius 1 is 1.43 bits per heavy atom. The van der Waals surface area contributed by atoms with E-state index in [1.165, 1.54) is 24.3 Å². The minimum Gasteiger partial charge on any atom is -0.252 e. The molecule has 0 radical (unpaired) electrons. The van der Waals surface area contributed by atoms with E-state index in [9.17, 15) is 8.60 Å². The van der Waals surface area contributed by atoms with Gasteiger partial charge >= 0.3 is 0 Å². The van der Waals surface area contributed by atoms with Crippen LogP contribution in [0.3, 0.4) is 0 Å². The first-order valence-corrected chi connectivity index (χ1v) is 5.79. The summed E-state index contributed by atoms with van der Waals surface area (Å²) in [5, 5.41) is 8.31. The van der Waals surface area contributed by atoms with Gasteiger partial charge in [-0.3, -0.25) is 4.78 Å². The fourth-order valence-electron chi connectivity index (χ4n) is 1.01. The summed E-state index contributed by atoms with van der Waals surface area (Å²) in [6, 6.07) is 7.14. The Labute approximate surface area is 82.2 Å². The second kappa shape index (κ2) is 4.20. The van der Waals surface area contributed by atoms with Gasteiger partial charge in [-0.25, -0.2) is 8.60 Å². The molecule has 0 bridgehead atoms. The number of nitrogens with zero attached hydrogens (tertiary/aromatic N) is 1. The lowest BCUT2D eigenvalue weighted by Gasteiger charge is -2.02. The van der Waals surface area contributed by atoms with Crippen LogP contribution in [0, 0.1) is 21.9 Å². The van der Waals surface area contributed by atoms with E-state index >= 15 is 0 Å². The predicted octanol–water partition coefficient (Wildman–Crippen LogP) is 1.90. The first-order valence-electron chi connectivity index (χ1n) is 3.89. The van der Waals surface area contributed by atoms with E-state index in [4.69, 9.17) is 10.0 Å². The quantitative estimate of drug-likeness (QED) is 0.831. The molecule has 1 rings (SSSR count). The molecule has 0 aliphatic heterocycles. The van der Waals surface area contributed by atoms with Crippen molar-refractivity contribution in [2.75, 3.05) is 5.75 Å². The average Bonchev–Trinajstić information content (AvgIpc) is 2.08. The Morgan fingerprint density at radius 2 is 2.00 bits per heavy atom. The summed E-state index contributed by atoms with van der Waals surface area (Å²) in [6.45, 7) is 0. The van der Waals surface area contributed by atoms with Crippen LogP contribution in [0.4, 0.5) is 4.39 Å². The number of rotatable bonds is 3. The van der Waals surface area contributed by atoms with Gasteiger partial charge in [0.05, 0.1) is 21.6 Å². The second-order valence-corrected chi connectivity index (χ2v) is 5.09. The Hall–Kier alpha value is -1.41. The highest BCUT2D eigenvalue weighted by atomic mass is 32.2. The van der Waals surface area contributed by atoms with Gasteiger partial charge in [0, 0.05) is 0 Å². The number of nitrogens with one attached hydrogen (secondary N) is 1. The molecule has 1 unspecified atom stereocenters. The molecule has 14 heavy (non-hydrogen) atoms. The van der Waals surface area contributed by atoms with Gasteiger partial charge in [-0.1, -0.05) is 12.1 Å². The molecule has 0 saturated carbocycles. The van der Waals surface area contributed by atoms with Crippen molar-refractivity contribution >= 4 is 9.73 Å². The van der Waals surface area contributed by atoms with Crippen molar-refractivity contribution in [3.05, 3.63) is 35.6 Å². The van der Waals surface area contributed by atoms with Crippen molar-refractivity contribution in [1.29, 1.82) is 10.0 Å². The fourth-order valence-corrected chi connectivity index (χ4v) is 2.05. The van der Waals surface area contributed by atoms with Crippen molar-refractivity contribution in [3.8, 4) is 6.07 Å². The van der Waals surface area contributed by atoms with Crippen molar-refractivity contribution in [2.24, 2.45) is 0 Å². The van der Waals surface area contributed by atoms with Crippen LogP contribution in [0.25, 0.3) is 0 Å². The summed E-state index contributed by atoms with van der Waals surface area (Å²) in [5.41, 5.74) is 0.613. The summed E-state index contributed by atoms with van der Waals surface area (Å²) in [5.74, 6) is -0.656. The highest BCUT2D eigenvalue weighted by Crippen LogP contribution is 2.08. The van der Waals surface area contributed by atoms with Gasteiger partial charge < -0.3 is 0 Å². The molecule has 5 heteroatoms. The molecular weight excluding hydrogens is 203 g/mol. The monoisotopic (exact) mass is 212 g/mol. The van der Waals surface area contributed by atoms with Gasteiger partial charge in [0.15, 0.2) is 0 Å². The molecule has 0 aromatic heterocycles. The van der Waals surface area contributed by atoms with E-state index in [2.05, 4.69) is 0 Å². The lowest BCUT2D eigenvalue weighted by molar-refractivity contribution is 0.627. The molecule has 0 amide bonds. The first kappa shape index (κ1) is 10.7. The molecule has 0 saturated heterocycles. The van der Waals surface area contributed by atoms with Gasteiger partial charge in [0.1, 0.15) is 11.6 Å². The second-order valence-electron chi connectivity index (χ2n) is 2.89. The summed E-state index contributed by atoms with van der Waals surface area (Å²) in [7, 11) is -2.88. The number of halogens is 1. The van der Waals surface area contributed by atoms with E-state index in [1.807, 2.05) is 0 Å². The highest BCUT2D eigenvalue weighted by molar-refractivity contribution is 7.91. The smallest absolute Gasteiger partial charge is 0.123 e. The lowest BCUT2D eigenvalue weighted by atomic mass is 10.2. The molecule has 3 nitrogen and oxygen atoms in total. The maximum Gasteiger partial charge on any atom is 0.123 e. The topological polar surface area (TPSA) is 64.7 Å². The standard InChI is InChI=1S/C9H9FN2OS/c10-9-3-1-8(2-4-9)7-14(12,13)6-5-11/h1-4,12H,6-7H2. The minimum atomic E-state index is -2.88. The molecule has 74 valence electrons. The van der Waals surface area contributed by atoms with Crippen LogP contribution in [-0.2, 0) is 15.5 Å². The maximum atomic E-state index is 12.5. The summed E-state index contributed by atoms with van der Waals surface area (Å²) < 4.78 is 31.2. The van der Waals surface area contributed by atoms with E-state index in [1.54, 1.807) is 6.07 Å². The molecule has 0 spiro atoms. The average molecular weight is 212 g/mol. The lowest BCUT2D eigenvalue weighted by Crippen LogP contribution is -2.05. The van der Waals surface area contributed by atoms with Crippen molar-refractivity contribution in [1.82, 2.24) is 0 Å². The maximum absolute atomic E-state index is 12.5. The van der Waals surface area contributed by atoms with E-state index in [0.717, 1.165) is 0 Å². The van der Waals surface area contributed by atoms with Crippen LogP contribution in [0.15, 0.2) is 24.3 Å². The third kappa shape index (κ3) is 3.15. The summed E-state index contributed by atoms with van der Waals surface area (Å²) in [4.78, 5) is 0. The number of nitriles is 1. The third-order valence-electron chi connectivity index (χ3n) is 1.61.